The zero-order valence-corrected chi connectivity index (χ0v) is 12.5. The zero-order chi connectivity index (χ0) is 16.4. The Labute approximate surface area is 132 Å². The quantitative estimate of drug-likeness (QED) is 0.385. The molecule has 2 aromatic carbocycles. The molecule has 7 heteroatoms. The van der Waals surface area contributed by atoms with E-state index in [4.69, 9.17) is 11.6 Å². The van der Waals surface area contributed by atoms with Crippen LogP contribution in [0, 0.1) is 0 Å². The van der Waals surface area contributed by atoms with Crippen LogP contribution >= 0.6 is 0 Å². The fourth-order valence-corrected chi connectivity index (χ4v) is 2.39. The lowest BCUT2D eigenvalue weighted by Gasteiger charge is -2.12. The Hall–Kier alpha value is -3.19. The number of hydrogen-bond acceptors (Lipinski definition) is 6. The average molecular weight is 308 g/mol. The average Bonchev–Trinajstić information content (AvgIpc) is 2.60. The van der Waals surface area contributed by atoms with Crippen molar-refractivity contribution < 1.29 is 4.79 Å². The van der Waals surface area contributed by atoms with Gasteiger partial charge >= 0.3 is 0 Å². The first-order valence-corrected chi connectivity index (χ1v) is 6.95. The third-order valence-corrected chi connectivity index (χ3v) is 3.62. The van der Waals surface area contributed by atoms with Crippen molar-refractivity contribution in [3.05, 3.63) is 42.5 Å². The Morgan fingerprint density at radius 2 is 1.78 bits per heavy atom. The van der Waals surface area contributed by atoms with Gasteiger partial charge in [-0.15, -0.1) is 0 Å². The summed E-state index contributed by atoms with van der Waals surface area (Å²) in [7, 11) is 1.71. The molecule has 0 spiro atoms. The van der Waals surface area contributed by atoms with Crippen LogP contribution in [-0.2, 0) is 4.79 Å². The second-order valence-corrected chi connectivity index (χ2v) is 5.07. The molecule has 116 valence electrons. The monoisotopic (exact) mass is 308 g/mol. The van der Waals surface area contributed by atoms with E-state index in [0.717, 1.165) is 28.6 Å². The molecule has 0 aliphatic rings. The second kappa shape index (κ2) is 5.90. The van der Waals surface area contributed by atoms with E-state index in [2.05, 4.69) is 15.4 Å². The third-order valence-electron chi connectivity index (χ3n) is 3.62. The summed E-state index contributed by atoms with van der Waals surface area (Å²) in [5.74, 6) is 6.15. The fraction of sp³-hybridized carbons (Fsp3) is 0.0625. The number of fused-ring (bicyclic) bond motifs is 1. The molecule has 7 nitrogen and oxygen atoms in total. The highest BCUT2D eigenvalue weighted by atomic mass is 16.1. The maximum atomic E-state index is 10.8. The van der Waals surface area contributed by atoms with Crippen LogP contribution in [0.5, 0.6) is 0 Å². The van der Waals surface area contributed by atoms with Gasteiger partial charge < -0.3 is 16.1 Å². The number of nitrogens with zero attached hydrogens (tertiary/aromatic N) is 3. The Kier molecular flexibility index (Phi) is 3.78. The molecular weight excluding hydrogens is 292 g/mol. The van der Waals surface area contributed by atoms with Crippen molar-refractivity contribution in [1.29, 1.82) is 0 Å². The Balaban J connectivity index is 2.06. The highest BCUT2D eigenvalue weighted by molar-refractivity contribution is 5.93. The lowest BCUT2D eigenvalue weighted by atomic mass is 10.0. The molecule has 0 bridgehead atoms. The lowest BCUT2D eigenvalue weighted by molar-refractivity contribution is -0.107. The number of benzene rings is 2. The van der Waals surface area contributed by atoms with Crippen molar-refractivity contribution >= 4 is 34.8 Å². The molecule has 0 atom stereocenters. The number of hydrogen-bond donors (Lipinski definition) is 3. The summed E-state index contributed by atoms with van der Waals surface area (Å²) in [6.45, 7) is 0. The standard InChI is InChI=1S/C16H16N6O/c1-22(9-23)12-5-2-10(3-6-12)11-4-7-14-13(8-11)15(21-18)20-16(17)19-14/h2-9H,18H2,1H3,(H3,17,19,20,21). The van der Waals surface area contributed by atoms with Gasteiger partial charge in [-0.3, -0.25) is 4.79 Å². The number of rotatable bonds is 4. The minimum absolute atomic E-state index is 0.166. The second-order valence-electron chi connectivity index (χ2n) is 5.07. The van der Waals surface area contributed by atoms with Crippen molar-refractivity contribution in [3.8, 4) is 11.1 Å². The number of aromatic nitrogens is 2. The SMILES string of the molecule is CN(C=O)c1ccc(-c2ccc3nc(N)nc(NN)c3c2)cc1. The fourth-order valence-electron chi connectivity index (χ4n) is 2.39. The molecule has 5 N–H and O–H groups in total. The van der Waals surface area contributed by atoms with Gasteiger partial charge in [-0.1, -0.05) is 18.2 Å². The molecule has 3 rings (SSSR count). The van der Waals surface area contributed by atoms with Crippen LogP contribution in [0.25, 0.3) is 22.0 Å². The van der Waals surface area contributed by atoms with E-state index in [0.29, 0.717) is 11.3 Å². The molecule has 3 aromatic rings. The van der Waals surface area contributed by atoms with Crippen LogP contribution in [0.2, 0.25) is 0 Å². The Morgan fingerprint density at radius 1 is 1.09 bits per heavy atom. The third kappa shape index (κ3) is 2.77. The number of nitrogen functional groups attached to an aromatic ring is 2. The first-order valence-electron chi connectivity index (χ1n) is 6.95. The van der Waals surface area contributed by atoms with Crippen molar-refractivity contribution in [3.63, 3.8) is 0 Å². The topological polar surface area (TPSA) is 110 Å². The molecule has 0 unspecified atom stereocenters. The van der Waals surface area contributed by atoms with Crippen molar-refractivity contribution in [2.75, 3.05) is 23.1 Å². The number of nitrogens with one attached hydrogen (secondary N) is 1. The molecule has 23 heavy (non-hydrogen) atoms. The van der Waals surface area contributed by atoms with E-state index in [9.17, 15) is 4.79 Å². The van der Waals surface area contributed by atoms with Crippen LogP contribution in [-0.4, -0.2) is 23.4 Å². The van der Waals surface area contributed by atoms with Gasteiger partial charge in [0.2, 0.25) is 12.4 Å². The van der Waals surface area contributed by atoms with Gasteiger partial charge in [-0.25, -0.2) is 10.8 Å². The molecular formula is C16H16N6O. The van der Waals surface area contributed by atoms with Crippen molar-refractivity contribution in [2.45, 2.75) is 0 Å². The summed E-state index contributed by atoms with van der Waals surface area (Å²) in [6.07, 6.45) is 0.770. The maximum Gasteiger partial charge on any atom is 0.222 e. The molecule has 0 saturated heterocycles. The van der Waals surface area contributed by atoms with Crippen LogP contribution in [0.3, 0.4) is 0 Å². The largest absolute Gasteiger partial charge is 0.368 e. The van der Waals surface area contributed by atoms with Crippen LogP contribution in [0.15, 0.2) is 42.5 Å². The van der Waals surface area contributed by atoms with Crippen LogP contribution < -0.4 is 21.9 Å². The van der Waals surface area contributed by atoms with Crippen LogP contribution in [0.1, 0.15) is 0 Å². The molecule has 0 radical (unpaired) electrons. The van der Waals surface area contributed by atoms with E-state index >= 15 is 0 Å². The van der Waals surface area contributed by atoms with Gasteiger partial charge in [0.25, 0.3) is 0 Å². The predicted molar refractivity (Wildman–Crippen MR) is 91.7 cm³/mol. The maximum absolute atomic E-state index is 10.8. The Bertz CT molecular complexity index is 862. The van der Waals surface area contributed by atoms with E-state index in [1.807, 2.05) is 42.5 Å². The van der Waals surface area contributed by atoms with Crippen molar-refractivity contribution in [2.24, 2.45) is 5.84 Å². The molecule has 0 saturated carbocycles. The Morgan fingerprint density at radius 3 is 2.43 bits per heavy atom. The molecule has 1 aromatic heterocycles. The summed E-state index contributed by atoms with van der Waals surface area (Å²) < 4.78 is 0. The summed E-state index contributed by atoms with van der Waals surface area (Å²) in [5.41, 5.74) is 11.7. The first kappa shape index (κ1) is 14.7. The van der Waals surface area contributed by atoms with E-state index in [-0.39, 0.29) is 5.95 Å². The summed E-state index contributed by atoms with van der Waals surface area (Å²) in [4.78, 5) is 20.6. The van der Waals surface area contributed by atoms with Gasteiger partial charge in [0, 0.05) is 18.1 Å². The van der Waals surface area contributed by atoms with Gasteiger partial charge in [0.15, 0.2) is 5.82 Å². The molecule has 0 aliphatic carbocycles. The van der Waals surface area contributed by atoms with E-state index in [1.165, 1.54) is 4.90 Å². The minimum atomic E-state index is 0.166. The lowest BCUT2D eigenvalue weighted by Crippen LogP contribution is -2.13. The van der Waals surface area contributed by atoms with Gasteiger partial charge in [0.1, 0.15) is 0 Å². The predicted octanol–water partition coefficient (Wildman–Crippen LogP) is 1.76. The van der Waals surface area contributed by atoms with E-state index < -0.39 is 0 Å². The highest BCUT2D eigenvalue weighted by Gasteiger charge is 2.08. The highest BCUT2D eigenvalue weighted by Crippen LogP contribution is 2.28. The smallest absolute Gasteiger partial charge is 0.222 e. The zero-order valence-electron chi connectivity index (χ0n) is 12.5. The van der Waals surface area contributed by atoms with Gasteiger partial charge in [0.05, 0.1) is 5.52 Å². The molecule has 1 heterocycles. The van der Waals surface area contributed by atoms with Crippen molar-refractivity contribution in [1.82, 2.24) is 9.97 Å². The number of anilines is 3. The minimum Gasteiger partial charge on any atom is -0.368 e. The molecule has 0 fully saturated rings. The molecule has 0 aliphatic heterocycles. The number of nitrogens with two attached hydrogens (primary N) is 2. The number of amides is 1. The van der Waals surface area contributed by atoms with Gasteiger partial charge in [-0.2, -0.15) is 4.98 Å². The normalized spacial score (nSPS) is 10.5. The molecule has 1 amide bonds. The van der Waals surface area contributed by atoms with E-state index in [1.54, 1.807) is 7.05 Å². The van der Waals surface area contributed by atoms with Crippen LogP contribution in [0.4, 0.5) is 17.5 Å². The number of carbonyl (C=O) groups is 1. The summed E-state index contributed by atoms with van der Waals surface area (Å²) in [5, 5.41) is 0.785. The summed E-state index contributed by atoms with van der Waals surface area (Å²) >= 11 is 0. The summed E-state index contributed by atoms with van der Waals surface area (Å²) in [6, 6.07) is 13.4. The first-order chi connectivity index (χ1) is 11.1. The van der Waals surface area contributed by atoms with Gasteiger partial charge in [-0.05, 0) is 35.4 Å². The number of carbonyl (C=O) groups excluding carboxylic acids is 1. The number of hydrazine groups is 1.